The van der Waals surface area contributed by atoms with E-state index in [1.54, 1.807) is 0 Å². The molecule has 7 heteroatoms. The first-order valence-corrected chi connectivity index (χ1v) is 10.9. The van der Waals surface area contributed by atoms with E-state index < -0.39 is 11.5 Å². The molecule has 0 spiro atoms. The van der Waals surface area contributed by atoms with Gasteiger partial charge < -0.3 is 19.9 Å². The van der Waals surface area contributed by atoms with Gasteiger partial charge in [0.05, 0.1) is 5.69 Å². The summed E-state index contributed by atoms with van der Waals surface area (Å²) in [4.78, 5) is 31.1. The predicted octanol–water partition coefficient (Wildman–Crippen LogP) is 3.18. The Bertz CT molecular complexity index is 986. The number of fused-ring (bicyclic) bond motifs is 1. The predicted molar refractivity (Wildman–Crippen MR) is 122 cm³/mol. The Hall–Kier alpha value is -2.54. The van der Waals surface area contributed by atoms with Crippen LogP contribution in [-0.4, -0.2) is 60.7 Å². The number of hydrogen-bond donors (Lipinski definition) is 2. The number of carboxylic acid groups (broad SMARTS) is 1. The summed E-state index contributed by atoms with van der Waals surface area (Å²) in [6.45, 7) is 3.79. The van der Waals surface area contributed by atoms with Crippen molar-refractivity contribution in [3.63, 3.8) is 0 Å². The van der Waals surface area contributed by atoms with Gasteiger partial charge in [0, 0.05) is 12.2 Å². The summed E-state index contributed by atoms with van der Waals surface area (Å²) in [6.07, 6.45) is 5.67. The minimum atomic E-state index is -1.20. The fourth-order valence-electron chi connectivity index (χ4n) is 5.40. The maximum Gasteiger partial charge on any atom is 0.341 e. The van der Waals surface area contributed by atoms with Gasteiger partial charge in [-0.05, 0) is 74.5 Å². The summed E-state index contributed by atoms with van der Waals surface area (Å²) in [5.74, 6) is 0.231. The van der Waals surface area contributed by atoms with Crippen LogP contribution in [0.1, 0.15) is 42.1 Å². The van der Waals surface area contributed by atoms with Gasteiger partial charge in [-0.2, -0.15) is 0 Å². The number of nitrogens with one attached hydrogen (secondary N) is 1. The van der Waals surface area contributed by atoms with Crippen molar-refractivity contribution < 1.29 is 9.90 Å². The van der Waals surface area contributed by atoms with Crippen molar-refractivity contribution in [1.29, 1.82) is 0 Å². The number of nitrogens with zero attached hydrogens (tertiary/aromatic N) is 2. The minimum Gasteiger partial charge on any atom is -0.477 e. The number of aromatic amines is 1. The van der Waals surface area contributed by atoms with Gasteiger partial charge in [-0.25, -0.2) is 4.79 Å². The van der Waals surface area contributed by atoms with Gasteiger partial charge in [0.25, 0.3) is 5.56 Å². The van der Waals surface area contributed by atoms with Gasteiger partial charge in [-0.3, -0.25) is 4.79 Å². The van der Waals surface area contributed by atoms with E-state index >= 15 is 0 Å². The molecule has 30 heavy (non-hydrogen) atoms. The minimum absolute atomic E-state index is 0.206. The van der Waals surface area contributed by atoms with Gasteiger partial charge in [0.1, 0.15) is 5.56 Å². The number of H-pyrrole nitrogens is 1. The molecular weight excluding hydrogens is 377 g/mol. The first-order chi connectivity index (χ1) is 14.4. The average molecular weight is 407 g/mol. The Balaban J connectivity index is 1.58. The number of aromatic carboxylic acids is 1. The number of aromatic nitrogens is 1. The maximum absolute atomic E-state index is 12.2. The molecule has 2 N–H and O–H groups in total. The van der Waals surface area contributed by atoms with Crippen LogP contribution in [0.2, 0.25) is 5.82 Å². The summed E-state index contributed by atoms with van der Waals surface area (Å²) >= 11 is 0. The van der Waals surface area contributed by atoms with Crippen molar-refractivity contribution in [3.8, 4) is 11.3 Å². The van der Waals surface area contributed by atoms with Crippen LogP contribution in [0.15, 0.2) is 35.1 Å². The Morgan fingerprint density at radius 2 is 2.00 bits per heavy atom. The van der Waals surface area contributed by atoms with E-state index in [0.29, 0.717) is 18.1 Å². The number of hydrogen-bond acceptors (Lipinski definition) is 4. The molecule has 2 fully saturated rings. The van der Waals surface area contributed by atoms with Crippen LogP contribution in [0.4, 0.5) is 5.69 Å². The Morgan fingerprint density at radius 3 is 2.63 bits per heavy atom. The number of carboxylic acids is 1. The fourth-order valence-corrected chi connectivity index (χ4v) is 5.40. The first kappa shape index (κ1) is 20.7. The quantitative estimate of drug-likeness (QED) is 0.745. The second-order valence-electron chi connectivity index (χ2n) is 8.91. The van der Waals surface area contributed by atoms with Crippen molar-refractivity contribution in [2.75, 3.05) is 32.0 Å². The molecule has 0 bridgehead atoms. The molecule has 6 nitrogen and oxygen atoms in total. The van der Waals surface area contributed by atoms with Crippen LogP contribution in [-0.2, 0) is 6.42 Å². The summed E-state index contributed by atoms with van der Waals surface area (Å²) < 4.78 is 0. The second-order valence-corrected chi connectivity index (χ2v) is 8.91. The molecule has 2 saturated heterocycles. The zero-order valence-electron chi connectivity index (χ0n) is 18.0. The Kier molecular flexibility index (Phi) is 5.74. The van der Waals surface area contributed by atoms with E-state index in [1.165, 1.54) is 31.0 Å². The summed E-state index contributed by atoms with van der Waals surface area (Å²) in [6, 6.07) is 9.81. The zero-order chi connectivity index (χ0) is 21.4. The zero-order valence-corrected chi connectivity index (χ0v) is 18.0. The van der Waals surface area contributed by atoms with Crippen LogP contribution in [0.3, 0.4) is 0 Å². The molecule has 0 amide bonds. The Labute approximate surface area is 178 Å². The molecule has 2 aromatic rings. The lowest BCUT2D eigenvalue weighted by molar-refractivity contribution is 0.0695. The molecule has 0 radical (unpaired) electrons. The molecule has 0 unspecified atom stereocenters. The van der Waals surface area contributed by atoms with E-state index in [1.807, 2.05) is 19.1 Å². The summed E-state index contributed by atoms with van der Waals surface area (Å²) in [7, 11) is 4.40. The third kappa shape index (κ3) is 3.78. The van der Waals surface area contributed by atoms with Gasteiger partial charge >= 0.3 is 5.97 Å². The van der Waals surface area contributed by atoms with Crippen LogP contribution < -0.4 is 10.5 Å². The monoisotopic (exact) mass is 407 g/mol. The van der Waals surface area contributed by atoms with Crippen molar-refractivity contribution in [2.24, 2.45) is 0 Å². The van der Waals surface area contributed by atoms with Crippen molar-refractivity contribution >= 4 is 18.4 Å². The van der Waals surface area contributed by atoms with Gasteiger partial charge in [0.2, 0.25) is 0 Å². The van der Waals surface area contributed by atoms with E-state index in [9.17, 15) is 14.7 Å². The highest BCUT2D eigenvalue weighted by Crippen LogP contribution is 2.38. The molecule has 2 aliphatic heterocycles. The normalized spacial score (nSPS) is 21.2. The van der Waals surface area contributed by atoms with E-state index in [-0.39, 0.29) is 5.56 Å². The molecule has 3 heterocycles. The van der Waals surface area contributed by atoms with Gasteiger partial charge in [-0.1, -0.05) is 31.9 Å². The van der Waals surface area contributed by atoms with Crippen LogP contribution >= 0.6 is 0 Å². The Morgan fingerprint density at radius 1 is 1.27 bits per heavy atom. The molecule has 0 aliphatic carbocycles. The number of aryl methyl sites for hydroxylation is 1. The van der Waals surface area contributed by atoms with Crippen LogP contribution in [0.25, 0.3) is 11.3 Å². The van der Waals surface area contributed by atoms with Crippen molar-refractivity contribution in [2.45, 2.75) is 44.4 Å². The summed E-state index contributed by atoms with van der Waals surface area (Å²) in [5.41, 5.74) is 2.91. The lowest BCUT2D eigenvalue weighted by Gasteiger charge is -2.35. The standard InChI is InChI=1S/C23H30BN3O3/c1-4-15-12-19(23(29)30)22(28)25-21(15)16-8-10-18(11-9-16)27-13-17-6-5-7-20(26(2)3)24(17)14-27/h8-12,17,20H,4-7,13-14H2,1-3H3,(H,25,28)(H,29,30)/t17-,20-/m1/s1. The molecule has 1 aromatic heterocycles. The van der Waals surface area contributed by atoms with Crippen molar-refractivity contribution in [3.05, 3.63) is 51.8 Å². The topological polar surface area (TPSA) is 76.6 Å². The maximum atomic E-state index is 12.2. The molecular formula is C23H30BN3O3. The number of benzene rings is 1. The highest BCUT2D eigenvalue weighted by molar-refractivity contribution is 6.64. The smallest absolute Gasteiger partial charge is 0.341 e. The summed E-state index contributed by atoms with van der Waals surface area (Å²) in [5, 5.41) is 9.22. The van der Waals surface area contributed by atoms with Gasteiger partial charge in [0.15, 0.2) is 6.71 Å². The number of pyridine rings is 1. The second kappa shape index (κ2) is 8.30. The first-order valence-electron chi connectivity index (χ1n) is 10.9. The highest BCUT2D eigenvalue weighted by atomic mass is 16.4. The largest absolute Gasteiger partial charge is 0.477 e. The lowest BCUT2D eigenvalue weighted by atomic mass is 9.34. The van der Waals surface area contributed by atoms with Crippen molar-refractivity contribution in [1.82, 2.24) is 9.88 Å². The SMILES string of the molecule is CCc1cc(C(=O)O)c(=O)[nH]c1-c1ccc(N2CB3[C@H](CCC[C@H]3N(C)C)C2)cc1. The average Bonchev–Trinajstić information content (AvgIpc) is 3.17. The molecule has 158 valence electrons. The molecule has 2 aliphatic rings. The van der Waals surface area contributed by atoms with Gasteiger partial charge in [-0.15, -0.1) is 0 Å². The number of anilines is 1. The highest BCUT2D eigenvalue weighted by Gasteiger charge is 2.43. The number of carbonyl (C=O) groups is 1. The molecule has 4 rings (SSSR count). The van der Waals surface area contributed by atoms with E-state index in [4.69, 9.17) is 0 Å². The molecule has 1 aromatic carbocycles. The lowest BCUT2D eigenvalue weighted by Crippen LogP contribution is -2.48. The molecule has 2 atom stereocenters. The van der Waals surface area contributed by atoms with Crippen LogP contribution in [0.5, 0.6) is 0 Å². The third-order valence-corrected chi connectivity index (χ3v) is 6.98. The molecule has 0 saturated carbocycles. The van der Waals surface area contributed by atoms with Crippen LogP contribution in [0, 0.1) is 0 Å². The van der Waals surface area contributed by atoms with E-state index in [2.05, 4.69) is 41.0 Å². The fraction of sp³-hybridized carbons (Fsp3) is 0.478. The number of rotatable bonds is 5. The van der Waals surface area contributed by atoms with E-state index in [0.717, 1.165) is 36.6 Å². The third-order valence-electron chi connectivity index (χ3n) is 6.98.